The summed E-state index contributed by atoms with van der Waals surface area (Å²) >= 11 is 0. The lowest BCUT2D eigenvalue weighted by Crippen LogP contribution is -2.40. The van der Waals surface area contributed by atoms with E-state index in [1.54, 1.807) is 6.92 Å². The zero-order valence-corrected chi connectivity index (χ0v) is 10.1. The third kappa shape index (κ3) is 4.20. The van der Waals surface area contributed by atoms with Gasteiger partial charge in [0, 0.05) is 0 Å². The zero-order valence-electron chi connectivity index (χ0n) is 10.1. The van der Waals surface area contributed by atoms with Crippen molar-refractivity contribution in [3.63, 3.8) is 0 Å². The molecule has 0 saturated heterocycles. The van der Waals surface area contributed by atoms with Crippen LogP contribution >= 0.6 is 0 Å². The van der Waals surface area contributed by atoms with Crippen LogP contribution in [0, 0.1) is 0 Å². The number of amides is 1. The average Bonchev–Trinajstić information content (AvgIpc) is 2.35. The molecule has 0 bridgehead atoms. The number of benzene rings is 1. The number of carbonyl (C=O) groups excluding carboxylic acids is 1. The van der Waals surface area contributed by atoms with Gasteiger partial charge in [-0.1, -0.05) is 19.1 Å². The number of nitrogens with one attached hydrogen (secondary N) is 1. The Kier molecular flexibility index (Phi) is 5.23. The quantitative estimate of drug-likeness (QED) is 0.829. The van der Waals surface area contributed by atoms with E-state index in [1.165, 1.54) is 24.3 Å². The first kappa shape index (κ1) is 14.9. The Morgan fingerprint density at radius 1 is 1.37 bits per heavy atom. The number of ether oxygens (including phenoxy) is 1. The lowest BCUT2D eigenvalue weighted by atomic mass is 10.1. The predicted octanol–water partition coefficient (Wildman–Crippen LogP) is 1.88. The number of carboxylic acid groups (broad SMARTS) is 1. The van der Waals surface area contributed by atoms with Gasteiger partial charge in [0.2, 0.25) is 0 Å². The normalized spacial score (nSPS) is 12.0. The van der Waals surface area contributed by atoms with Crippen LogP contribution in [-0.4, -0.2) is 29.6 Å². The van der Waals surface area contributed by atoms with E-state index < -0.39 is 24.5 Å². The fraction of sp³-hybridized carbons (Fsp3) is 0.333. The summed E-state index contributed by atoms with van der Waals surface area (Å²) in [6.07, 6.45) is 0.180. The molecule has 0 aliphatic rings. The summed E-state index contributed by atoms with van der Waals surface area (Å²) in [5.41, 5.74) is -0.137. The number of rotatable bonds is 6. The lowest BCUT2D eigenvalue weighted by Gasteiger charge is -2.14. The van der Waals surface area contributed by atoms with Crippen LogP contribution < -0.4 is 10.1 Å². The Morgan fingerprint density at radius 3 is 2.53 bits per heavy atom. The van der Waals surface area contributed by atoms with Crippen LogP contribution in [0.25, 0.3) is 0 Å². The predicted molar refractivity (Wildman–Crippen MR) is 62.3 cm³/mol. The van der Waals surface area contributed by atoms with Gasteiger partial charge in [0.15, 0.2) is 0 Å². The van der Waals surface area contributed by atoms with Crippen LogP contribution in [0.4, 0.5) is 8.78 Å². The van der Waals surface area contributed by atoms with Gasteiger partial charge < -0.3 is 15.2 Å². The van der Waals surface area contributed by atoms with Gasteiger partial charge in [-0.2, -0.15) is 8.78 Å². The van der Waals surface area contributed by atoms with E-state index in [2.05, 4.69) is 10.1 Å². The summed E-state index contributed by atoms with van der Waals surface area (Å²) in [5, 5.41) is 11.1. The van der Waals surface area contributed by atoms with Crippen molar-refractivity contribution in [2.24, 2.45) is 0 Å². The van der Waals surface area contributed by atoms with Gasteiger partial charge in [0.05, 0.1) is 5.56 Å². The number of alkyl halides is 2. The standard InChI is InChI=1S/C12H13F2NO4/c1-2-8(11(17)18)15-10(16)7-5-3-4-6-9(7)19-12(13)14/h3-6,8,12H,2H2,1H3,(H,15,16)(H,17,18)/t8-/m0/s1. The van der Waals surface area contributed by atoms with Crippen molar-refractivity contribution >= 4 is 11.9 Å². The van der Waals surface area contributed by atoms with Gasteiger partial charge in [0.25, 0.3) is 5.91 Å². The molecule has 0 radical (unpaired) electrons. The average molecular weight is 273 g/mol. The van der Waals surface area contributed by atoms with Crippen LogP contribution in [-0.2, 0) is 4.79 Å². The smallest absolute Gasteiger partial charge is 0.387 e. The molecule has 1 rings (SSSR count). The highest BCUT2D eigenvalue weighted by Crippen LogP contribution is 2.20. The fourth-order valence-electron chi connectivity index (χ4n) is 1.43. The van der Waals surface area contributed by atoms with Gasteiger partial charge in [-0.3, -0.25) is 4.79 Å². The molecule has 1 aromatic carbocycles. The topological polar surface area (TPSA) is 75.6 Å². The maximum Gasteiger partial charge on any atom is 0.387 e. The van der Waals surface area contributed by atoms with E-state index >= 15 is 0 Å². The Hall–Kier alpha value is -2.18. The zero-order chi connectivity index (χ0) is 14.4. The maximum absolute atomic E-state index is 12.2. The minimum absolute atomic E-state index is 0.137. The van der Waals surface area contributed by atoms with Gasteiger partial charge in [-0.05, 0) is 18.6 Å². The van der Waals surface area contributed by atoms with Gasteiger partial charge in [-0.25, -0.2) is 4.79 Å². The minimum atomic E-state index is -3.06. The number of para-hydroxylation sites is 1. The summed E-state index contributed by atoms with van der Waals surface area (Å²) in [5.74, 6) is -2.26. The third-order valence-electron chi connectivity index (χ3n) is 2.36. The molecule has 0 heterocycles. The Bertz CT molecular complexity index is 465. The van der Waals surface area contributed by atoms with Crippen molar-refractivity contribution in [1.29, 1.82) is 0 Å². The van der Waals surface area contributed by atoms with Crippen LogP contribution in [0.3, 0.4) is 0 Å². The second-order valence-corrected chi connectivity index (χ2v) is 3.65. The summed E-state index contributed by atoms with van der Waals surface area (Å²) in [6.45, 7) is -1.48. The number of carboxylic acids is 1. The molecule has 2 N–H and O–H groups in total. The lowest BCUT2D eigenvalue weighted by molar-refractivity contribution is -0.139. The molecule has 5 nitrogen and oxygen atoms in total. The van der Waals surface area contributed by atoms with Gasteiger partial charge in [-0.15, -0.1) is 0 Å². The second kappa shape index (κ2) is 6.67. The molecule has 104 valence electrons. The molecule has 0 aliphatic heterocycles. The first-order chi connectivity index (χ1) is 8.95. The van der Waals surface area contributed by atoms with Crippen molar-refractivity contribution in [2.45, 2.75) is 26.0 Å². The molecular formula is C12H13F2NO4. The van der Waals surface area contributed by atoms with E-state index in [0.29, 0.717) is 0 Å². The first-order valence-electron chi connectivity index (χ1n) is 5.53. The van der Waals surface area contributed by atoms with Crippen molar-refractivity contribution < 1.29 is 28.2 Å². The van der Waals surface area contributed by atoms with Gasteiger partial charge >= 0.3 is 12.6 Å². The Morgan fingerprint density at radius 2 is 2.00 bits per heavy atom. The van der Waals surface area contributed by atoms with E-state index in [1.807, 2.05) is 0 Å². The largest absolute Gasteiger partial charge is 0.480 e. The summed E-state index contributed by atoms with van der Waals surface area (Å²) in [6, 6.07) is 4.31. The molecule has 1 atom stereocenters. The molecule has 19 heavy (non-hydrogen) atoms. The van der Waals surface area contributed by atoms with Crippen LogP contribution in [0.5, 0.6) is 5.75 Å². The summed E-state index contributed by atoms with van der Waals surface area (Å²) in [7, 11) is 0. The number of halogens is 2. The Labute approximate surface area is 108 Å². The van der Waals surface area contributed by atoms with Crippen LogP contribution in [0.15, 0.2) is 24.3 Å². The van der Waals surface area contributed by atoms with Crippen LogP contribution in [0.2, 0.25) is 0 Å². The molecule has 0 saturated carbocycles. The van der Waals surface area contributed by atoms with E-state index in [0.717, 1.165) is 0 Å². The molecule has 1 aromatic rings. The third-order valence-corrected chi connectivity index (χ3v) is 2.36. The number of hydrogen-bond acceptors (Lipinski definition) is 3. The highest BCUT2D eigenvalue weighted by atomic mass is 19.3. The van der Waals surface area contributed by atoms with E-state index in [9.17, 15) is 18.4 Å². The van der Waals surface area contributed by atoms with Crippen molar-refractivity contribution in [2.75, 3.05) is 0 Å². The second-order valence-electron chi connectivity index (χ2n) is 3.65. The molecule has 0 fully saturated rings. The monoisotopic (exact) mass is 273 g/mol. The number of aliphatic carboxylic acids is 1. The Balaban J connectivity index is 2.90. The van der Waals surface area contributed by atoms with Crippen molar-refractivity contribution in [3.05, 3.63) is 29.8 Å². The van der Waals surface area contributed by atoms with E-state index in [4.69, 9.17) is 5.11 Å². The van der Waals surface area contributed by atoms with Crippen LogP contribution in [0.1, 0.15) is 23.7 Å². The molecular weight excluding hydrogens is 260 g/mol. The highest BCUT2D eigenvalue weighted by molar-refractivity contribution is 5.98. The number of carbonyl (C=O) groups is 2. The molecule has 0 spiro atoms. The molecule has 0 aromatic heterocycles. The molecule has 7 heteroatoms. The SMILES string of the molecule is CC[C@H](NC(=O)c1ccccc1OC(F)F)C(=O)O. The summed E-state index contributed by atoms with van der Waals surface area (Å²) in [4.78, 5) is 22.6. The molecule has 0 unspecified atom stereocenters. The minimum Gasteiger partial charge on any atom is -0.480 e. The molecule has 0 aliphatic carbocycles. The van der Waals surface area contributed by atoms with E-state index in [-0.39, 0.29) is 17.7 Å². The van der Waals surface area contributed by atoms with Crippen molar-refractivity contribution in [1.82, 2.24) is 5.32 Å². The first-order valence-corrected chi connectivity index (χ1v) is 5.53. The molecule has 1 amide bonds. The van der Waals surface area contributed by atoms with Gasteiger partial charge in [0.1, 0.15) is 11.8 Å². The fourth-order valence-corrected chi connectivity index (χ4v) is 1.43. The number of hydrogen-bond donors (Lipinski definition) is 2. The summed E-state index contributed by atoms with van der Waals surface area (Å²) < 4.78 is 28.5. The maximum atomic E-state index is 12.2. The highest BCUT2D eigenvalue weighted by Gasteiger charge is 2.21. The van der Waals surface area contributed by atoms with Crippen molar-refractivity contribution in [3.8, 4) is 5.75 Å².